The maximum absolute atomic E-state index is 5.89. The second kappa shape index (κ2) is 6.49. The zero-order chi connectivity index (χ0) is 11.1. The maximum atomic E-state index is 5.89. The van der Waals surface area contributed by atoms with Crippen molar-refractivity contribution in [2.45, 2.75) is 52.6 Å². The molecular weight excluding hydrogens is 184 g/mol. The molecule has 1 unspecified atom stereocenters. The standard InChI is InChI=1S/C14H22O/c1-4-6-9-13-10-7-8-11-14(13)15-12(3)5-2/h7-8,10-12H,4-6,9H2,1-3H3. The molecule has 15 heavy (non-hydrogen) atoms. The van der Waals surface area contributed by atoms with E-state index in [4.69, 9.17) is 4.74 Å². The van der Waals surface area contributed by atoms with Gasteiger partial charge in [-0.25, -0.2) is 0 Å². The molecule has 0 fully saturated rings. The lowest BCUT2D eigenvalue weighted by Crippen LogP contribution is -2.11. The quantitative estimate of drug-likeness (QED) is 0.677. The van der Waals surface area contributed by atoms with Crippen LogP contribution in [0.25, 0.3) is 0 Å². The van der Waals surface area contributed by atoms with E-state index in [0.717, 1.165) is 18.6 Å². The van der Waals surface area contributed by atoms with Gasteiger partial charge in [0.15, 0.2) is 0 Å². The summed E-state index contributed by atoms with van der Waals surface area (Å²) in [4.78, 5) is 0. The van der Waals surface area contributed by atoms with Crippen LogP contribution in [-0.4, -0.2) is 6.10 Å². The fourth-order valence-electron chi connectivity index (χ4n) is 1.49. The number of rotatable bonds is 6. The van der Waals surface area contributed by atoms with Crippen LogP contribution < -0.4 is 4.74 Å². The molecule has 1 aromatic carbocycles. The molecule has 0 aliphatic heterocycles. The zero-order valence-corrected chi connectivity index (χ0v) is 10.1. The highest BCUT2D eigenvalue weighted by molar-refractivity contribution is 5.33. The highest BCUT2D eigenvalue weighted by Crippen LogP contribution is 2.21. The number of unbranched alkanes of at least 4 members (excludes halogenated alkanes) is 1. The summed E-state index contributed by atoms with van der Waals surface area (Å²) in [7, 11) is 0. The molecule has 0 amide bonds. The van der Waals surface area contributed by atoms with E-state index in [1.165, 1.54) is 18.4 Å². The van der Waals surface area contributed by atoms with Crippen LogP contribution in [0.2, 0.25) is 0 Å². The Morgan fingerprint density at radius 1 is 1.20 bits per heavy atom. The Hall–Kier alpha value is -0.980. The van der Waals surface area contributed by atoms with Crippen molar-refractivity contribution in [1.29, 1.82) is 0 Å². The van der Waals surface area contributed by atoms with Crippen LogP contribution in [0.1, 0.15) is 45.6 Å². The third-order valence-corrected chi connectivity index (χ3v) is 2.68. The summed E-state index contributed by atoms with van der Waals surface area (Å²) in [6.45, 7) is 6.49. The van der Waals surface area contributed by atoms with E-state index in [2.05, 4.69) is 39.0 Å². The Balaban J connectivity index is 2.67. The Morgan fingerprint density at radius 3 is 2.60 bits per heavy atom. The molecule has 1 aromatic rings. The lowest BCUT2D eigenvalue weighted by Gasteiger charge is -2.15. The summed E-state index contributed by atoms with van der Waals surface area (Å²) in [6.07, 6.45) is 4.97. The van der Waals surface area contributed by atoms with Gasteiger partial charge in [0.25, 0.3) is 0 Å². The van der Waals surface area contributed by atoms with Gasteiger partial charge in [-0.05, 0) is 37.8 Å². The van der Waals surface area contributed by atoms with Gasteiger partial charge < -0.3 is 4.74 Å². The zero-order valence-electron chi connectivity index (χ0n) is 10.1. The average molecular weight is 206 g/mol. The van der Waals surface area contributed by atoms with Gasteiger partial charge in [0, 0.05) is 0 Å². The Bertz CT molecular complexity index is 280. The van der Waals surface area contributed by atoms with Gasteiger partial charge in [-0.1, -0.05) is 38.5 Å². The first-order chi connectivity index (χ1) is 7.27. The number of hydrogen-bond acceptors (Lipinski definition) is 1. The van der Waals surface area contributed by atoms with E-state index in [-0.39, 0.29) is 0 Å². The van der Waals surface area contributed by atoms with Crippen molar-refractivity contribution in [2.75, 3.05) is 0 Å². The monoisotopic (exact) mass is 206 g/mol. The van der Waals surface area contributed by atoms with Crippen LogP contribution in [0.4, 0.5) is 0 Å². The van der Waals surface area contributed by atoms with Crippen molar-refractivity contribution in [2.24, 2.45) is 0 Å². The Kier molecular flexibility index (Phi) is 5.23. The van der Waals surface area contributed by atoms with Gasteiger partial charge in [-0.2, -0.15) is 0 Å². The minimum Gasteiger partial charge on any atom is -0.490 e. The molecule has 0 saturated carbocycles. The summed E-state index contributed by atoms with van der Waals surface area (Å²) < 4.78 is 5.89. The van der Waals surface area contributed by atoms with E-state index >= 15 is 0 Å². The van der Waals surface area contributed by atoms with Gasteiger partial charge in [-0.15, -0.1) is 0 Å². The van der Waals surface area contributed by atoms with Gasteiger partial charge in [0.1, 0.15) is 5.75 Å². The van der Waals surface area contributed by atoms with Crippen LogP contribution in [0.3, 0.4) is 0 Å². The molecule has 0 aliphatic carbocycles. The molecule has 0 bridgehead atoms. The molecule has 1 atom stereocenters. The third-order valence-electron chi connectivity index (χ3n) is 2.68. The van der Waals surface area contributed by atoms with Gasteiger partial charge >= 0.3 is 0 Å². The highest BCUT2D eigenvalue weighted by Gasteiger charge is 2.05. The molecule has 0 N–H and O–H groups in total. The molecular formula is C14H22O. The van der Waals surface area contributed by atoms with Crippen molar-refractivity contribution >= 4 is 0 Å². The molecule has 1 rings (SSSR count). The fraction of sp³-hybridized carbons (Fsp3) is 0.571. The summed E-state index contributed by atoms with van der Waals surface area (Å²) >= 11 is 0. The largest absolute Gasteiger partial charge is 0.490 e. The summed E-state index contributed by atoms with van der Waals surface area (Å²) in [5, 5.41) is 0. The van der Waals surface area contributed by atoms with Gasteiger partial charge in [0.2, 0.25) is 0 Å². The first-order valence-electron chi connectivity index (χ1n) is 6.02. The summed E-state index contributed by atoms with van der Waals surface area (Å²) in [5.74, 6) is 1.07. The molecule has 0 saturated heterocycles. The predicted octanol–water partition coefficient (Wildman–Crippen LogP) is 4.21. The van der Waals surface area contributed by atoms with Gasteiger partial charge in [0.05, 0.1) is 6.10 Å². The second-order valence-electron chi connectivity index (χ2n) is 4.05. The third kappa shape index (κ3) is 3.94. The van der Waals surface area contributed by atoms with Crippen molar-refractivity contribution in [1.82, 2.24) is 0 Å². The van der Waals surface area contributed by atoms with Crippen molar-refractivity contribution in [3.05, 3.63) is 29.8 Å². The van der Waals surface area contributed by atoms with E-state index in [9.17, 15) is 0 Å². The van der Waals surface area contributed by atoms with Crippen LogP contribution in [0.15, 0.2) is 24.3 Å². The Labute approximate surface area is 93.5 Å². The van der Waals surface area contributed by atoms with Crippen molar-refractivity contribution in [3.8, 4) is 5.75 Å². The SMILES string of the molecule is CCCCc1ccccc1OC(C)CC. The predicted molar refractivity (Wildman–Crippen MR) is 65.4 cm³/mol. The first kappa shape index (κ1) is 12.1. The van der Waals surface area contributed by atoms with Crippen LogP contribution in [0.5, 0.6) is 5.75 Å². The topological polar surface area (TPSA) is 9.23 Å². The molecule has 0 aliphatic rings. The van der Waals surface area contributed by atoms with E-state index in [0.29, 0.717) is 6.10 Å². The average Bonchev–Trinajstić information content (AvgIpc) is 2.28. The van der Waals surface area contributed by atoms with Gasteiger partial charge in [-0.3, -0.25) is 0 Å². The molecule has 0 aromatic heterocycles. The number of hydrogen-bond donors (Lipinski definition) is 0. The van der Waals surface area contributed by atoms with Crippen LogP contribution >= 0.6 is 0 Å². The molecule has 1 heteroatoms. The minimum atomic E-state index is 0.313. The van der Waals surface area contributed by atoms with Crippen molar-refractivity contribution < 1.29 is 4.74 Å². The van der Waals surface area contributed by atoms with Crippen molar-refractivity contribution in [3.63, 3.8) is 0 Å². The summed E-state index contributed by atoms with van der Waals surface area (Å²) in [6, 6.07) is 8.39. The second-order valence-corrected chi connectivity index (χ2v) is 4.05. The maximum Gasteiger partial charge on any atom is 0.122 e. The number of benzene rings is 1. The van der Waals surface area contributed by atoms with Crippen LogP contribution in [0, 0.1) is 0 Å². The molecule has 0 radical (unpaired) electrons. The number of ether oxygens (including phenoxy) is 1. The van der Waals surface area contributed by atoms with E-state index < -0.39 is 0 Å². The van der Waals surface area contributed by atoms with Crippen LogP contribution in [-0.2, 0) is 6.42 Å². The lowest BCUT2D eigenvalue weighted by molar-refractivity contribution is 0.215. The Morgan fingerprint density at radius 2 is 1.93 bits per heavy atom. The number of aryl methyl sites for hydroxylation is 1. The minimum absolute atomic E-state index is 0.313. The normalized spacial score (nSPS) is 12.5. The van der Waals surface area contributed by atoms with E-state index in [1.807, 2.05) is 6.07 Å². The molecule has 1 nitrogen and oxygen atoms in total. The molecule has 0 spiro atoms. The molecule has 0 heterocycles. The summed E-state index contributed by atoms with van der Waals surface area (Å²) in [5.41, 5.74) is 1.35. The lowest BCUT2D eigenvalue weighted by atomic mass is 10.1. The highest BCUT2D eigenvalue weighted by atomic mass is 16.5. The smallest absolute Gasteiger partial charge is 0.122 e. The number of para-hydroxylation sites is 1. The van der Waals surface area contributed by atoms with E-state index in [1.54, 1.807) is 0 Å². The first-order valence-corrected chi connectivity index (χ1v) is 6.02. The fourth-order valence-corrected chi connectivity index (χ4v) is 1.49. The molecule has 84 valence electrons.